The third-order valence-corrected chi connectivity index (χ3v) is 2.72. The Balaban J connectivity index is 3.16. The molecule has 86 valence electrons. The van der Waals surface area contributed by atoms with Gasteiger partial charge >= 0.3 is 5.97 Å². The highest BCUT2D eigenvalue weighted by Crippen LogP contribution is 2.22. The van der Waals surface area contributed by atoms with Gasteiger partial charge in [-0.2, -0.15) is 0 Å². The normalized spacial score (nSPS) is 10.0. The Morgan fingerprint density at radius 3 is 2.56 bits per heavy atom. The maximum atomic E-state index is 13.5. The van der Waals surface area contributed by atoms with Gasteiger partial charge in [0, 0.05) is 10.9 Å². The lowest BCUT2D eigenvalue weighted by molar-refractivity contribution is -0.116. The monoisotopic (exact) mass is 288 g/mol. The number of esters is 1. The van der Waals surface area contributed by atoms with E-state index in [1.54, 1.807) is 0 Å². The maximum Gasteiger partial charge on any atom is 0.340 e. The van der Waals surface area contributed by atoms with Crippen molar-refractivity contribution in [1.29, 1.82) is 0 Å². The van der Waals surface area contributed by atoms with Crippen molar-refractivity contribution in [2.24, 2.45) is 0 Å². The van der Waals surface area contributed by atoms with Crippen LogP contribution in [-0.2, 0) is 16.0 Å². The molecular formula is C11H10BrFO3. The summed E-state index contributed by atoms with van der Waals surface area (Å²) in [6, 6.07) is 2.48. The van der Waals surface area contributed by atoms with Gasteiger partial charge in [0.2, 0.25) is 0 Å². The van der Waals surface area contributed by atoms with Crippen molar-refractivity contribution in [3.05, 3.63) is 33.5 Å². The summed E-state index contributed by atoms with van der Waals surface area (Å²) in [5, 5.41) is 0. The van der Waals surface area contributed by atoms with Crippen LogP contribution in [0.2, 0.25) is 0 Å². The summed E-state index contributed by atoms with van der Waals surface area (Å²) in [6.45, 7) is 1.42. The second-order valence-electron chi connectivity index (χ2n) is 3.29. The third kappa shape index (κ3) is 2.88. The largest absolute Gasteiger partial charge is 0.465 e. The lowest BCUT2D eigenvalue weighted by atomic mass is 10.1. The predicted molar refractivity (Wildman–Crippen MR) is 59.8 cm³/mol. The van der Waals surface area contributed by atoms with E-state index in [1.807, 2.05) is 0 Å². The quantitative estimate of drug-likeness (QED) is 0.803. The fraction of sp³-hybridized carbons (Fsp3) is 0.273. The average molecular weight is 289 g/mol. The zero-order valence-corrected chi connectivity index (χ0v) is 10.4. The van der Waals surface area contributed by atoms with E-state index in [1.165, 1.54) is 20.1 Å². The summed E-state index contributed by atoms with van der Waals surface area (Å²) in [4.78, 5) is 22.1. The standard InChI is InChI=1S/C11H10BrFO3/c1-6(14)3-7-4-10(13)8(5-9(7)12)11(15)16-2/h4-5H,3H2,1-2H3. The number of methoxy groups -OCH3 is 1. The molecule has 0 spiro atoms. The Morgan fingerprint density at radius 2 is 2.06 bits per heavy atom. The molecule has 0 aliphatic rings. The highest BCUT2D eigenvalue weighted by Gasteiger charge is 2.15. The first-order chi connectivity index (χ1) is 7.45. The second-order valence-corrected chi connectivity index (χ2v) is 4.15. The number of rotatable bonds is 3. The number of Topliss-reactive ketones (excluding diaryl/α,β-unsaturated/α-hetero) is 1. The van der Waals surface area contributed by atoms with Crippen LogP contribution in [0.5, 0.6) is 0 Å². The summed E-state index contributed by atoms with van der Waals surface area (Å²) in [5.74, 6) is -1.51. The highest BCUT2D eigenvalue weighted by molar-refractivity contribution is 9.10. The van der Waals surface area contributed by atoms with E-state index in [2.05, 4.69) is 20.7 Å². The van der Waals surface area contributed by atoms with Crippen molar-refractivity contribution < 1.29 is 18.7 Å². The molecule has 16 heavy (non-hydrogen) atoms. The average Bonchev–Trinajstić information content (AvgIpc) is 2.21. The number of halogens is 2. The summed E-state index contributed by atoms with van der Waals surface area (Å²) in [5.41, 5.74) is 0.360. The van der Waals surface area contributed by atoms with E-state index in [9.17, 15) is 14.0 Å². The molecule has 3 nitrogen and oxygen atoms in total. The number of hydrogen-bond acceptors (Lipinski definition) is 3. The van der Waals surface area contributed by atoms with Crippen LogP contribution in [-0.4, -0.2) is 18.9 Å². The first-order valence-electron chi connectivity index (χ1n) is 4.51. The van der Waals surface area contributed by atoms with Gasteiger partial charge in [-0.1, -0.05) is 15.9 Å². The van der Waals surface area contributed by atoms with Crippen LogP contribution in [0.4, 0.5) is 4.39 Å². The Morgan fingerprint density at radius 1 is 1.44 bits per heavy atom. The number of hydrogen-bond donors (Lipinski definition) is 0. The summed E-state index contributed by atoms with van der Waals surface area (Å²) >= 11 is 3.18. The zero-order valence-electron chi connectivity index (χ0n) is 8.84. The Kier molecular flexibility index (Phi) is 4.18. The van der Waals surface area contributed by atoms with E-state index in [0.29, 0.717) is 10.0 Å². The minimum absolute atomic E-state index is 0.0779. The molecule has 0 heterocycles. The highest BCUT2D eigenvalue weighted by atomic mass is 79.9. The van der Waals surface area contributed by atoms with Crippen molar-refractivity contribution in [1.82, 2.24) is 0 Å². The minimum atomic E-state index is -0.743. The first kappa shape index (κ1) is 12.8. The molecule has 0 unspecified atom stereocenters. The summed E-state index contributed by atoms with van der Waals surface area (Å²) in [7, 11) is 1.18. The number of carbonyl (C=O) groups excluding carboxylic acids is 2. The van der Waals surface area contributed by atoms with Crippen LogP contribution in [0.25, 0.3) is 0 Å². The molecule has 0 atom stereocenters. The van der Waals surface area contributed by atoms with E-state index >= 15 is 0 Å². The van der Waals surface area contributed by atoms with E-state index < -0.39 is 11.8 Å². The van der Waals surface area contributed by atoms with Gasteiger partial charge in [0.25, 0.3) is 0 Å². The predicted octanol–water partition coefficient (Wildman–Crippen LogP) is 2.51. The van der Waals surface area contributed by atoms with Gasteiger partial charge in [0.05, 0.1) is 12.7 Å². The molecule has 0 radical (unpaired) electrons. The zero-order chi connectivity index (χ0) is 12.3. The minimum Gasteiger partial charge on any atom is -0.465 e. The van der Waals surface area contributed by atoms with Crippen LogP contribution in [0.15, 0.2) is 16.6 Å². The van der Waals surface area contributed by atoms with Crippen LogP contribution in [0, 0.1) is 5.82 Å². The van der Waals surface area contributed by atoms with Gasteiger partial charge in [-0.25, -0.2) is 9.18 Å². The molecule has 0 N–H and O–H groups in total. The Bertz CT molecular complexity index is 443. The molecular weight excluding hydrogens is 279 g/mol. The molecule has 1 aromatic carbocycles. The van der Waals surface area contributed by atoms with Gasteiger partial charge in [0.15, 0.2) is 0 Å². The Hall–Kier alpha value is -1.23. The molecule has 1 rings (SSSR count). The van der Waals surface area contributed by atoms with Crippen molar-refractivity contribution in [3.8, 4) is 0 Å². The number of carbonyl (C=O) groups is 2. The molecule has 0 aliphatic heterocycles. The molecule has 0 amide bonds. The summed E-state index contributed by atoms with van der Waals surface area (Å²) in [6.07, 6.45) is 0.124. The fourth-order valence-corrected chi connectivity index (χ4v) is 1.74. The molecule has 0 fully saturated rings. The van der Waals surface area contributed by atoms with E-state index in [0.717, 1.165) is 6.07 Å². The van der Waals surface area contributed by atoms with Gasteiger partial charge in [-0.15, -0.1) is 0 Å². The van der Waals surface area contributed by atoms with Crippen LogP contribution in [0.1, 0.15) is 22.8 Å². The van der Waals surface area contributed by atoms with Gasteiger partial charge < -0.3 is 4.74 Å². The lowest BCUT2D eigenvalue weighted by Gasteiger charge is -2.06. The first-order valence-corrected chi connectivity index (χ1v) is 5.30. The molecule has 0 aliphatic carbocycles. The number of benzene rings is 1. The van der Waals surface area contributed by atoms with Crippen LogP contribution < -0.4 is 0 Å². The molecule has 1 aromatic rings. The molecule has 0 saturated carbocycles. The number of ether oxygens (including phenoxy) is 1. The smallest absolute Gasteiger partial charge is 0.340 e. The molecule has 0 bridgehead atoms. The topological polar surface area (TPSA) is 43.4 Å². The second kappa shape index (κ2) is 5.21. The van der Waals surface area contributed by atoms with Gasteiger partial charge in [-0.3, -0.25) is 4.79 Å². The van der Waals surface area contributed by atoms with E-state index in [4.69, 9.17) is 0 Å². The van der Waals surface area contributed by atoms with Crippen molar-refractivity contribution in [2.45, 2.75) is 13.3 Å². The SMILES string of the molecule is COC(=O)c1cc(Br)c(CC(C)=O)cc1F. The molecule has 5 heteroatoms. The van der Waals surface area contributed by atoms with Crippen molar-refractivity contribution in [3.63, 3.8) is 0 Å². The number of ketones is 1. The molecule has 0 saturated heterocycles. The third-order valence-electron chi connectivity index (χ3n) is 1.98. The fourth-order valence-electron chi connectivity index (χ4n) is 1.26. The summed E-state index contributed by atoms with van der Waals surface area (Å²) < 4.78 is 18.4. The Labute approximate surface area is 101 Å². The van der Waals surface area contributed by atoms with Crippen molar-refractivity contribution >= 4 is 27.7 Å². The molecule has 0 aromatic heterocycles. The lowest BCUT2D eigenvalue weighted by Crippen LogP contribution is -2.07. The maximum absolute atomic E-state index is 13.5. The van der Waals surface area contributed by atoms with E-state index in [-0.39, 0.29) is 17.8 Å². The van der Waals surface area contributed by atoms with Crippen LogP contribution in [0.3, 0.4) is 0 Å². The van der Waals surface area contributed by atoms with Gasteiger partial charge in [0.1, 0.15) is 11.6 Å². The van der Waals surface area contributed by atoms with Crippen molar-refractivity contribution in [2.75, 3.05) is 7.11 Å². The van der Waals surface area contributed by atoms with Gasteiger partial charge in [-0.05, 0) is 24.6 Å². The van der Waals surface area contributed by atoms with Crippen LogP contribution >= 0.6 is 15.9 Å².